The van der Waals surface area contributed by atoms with Crippen molar-refractivity contribution in [3.8, 4) is 0 Å². The van der Waals surface area contributed by atoms with Gasteiger partial charge in [-0.1, -0.05) is 32.2 Å². The number of esters is 1. The molecule has 7 heteroatoms. The van der Waals surface area contributed by atoms with E-state index in [2.05, 4.69) is 9.59 Å². The molecule has 6 nitrogen and oxygen atoms in total. The summed E-state index contributed by atoms with van der Waals surface area (Å²) in [6.45, 7) is 10.4. The Balaban J connectivity index is 2.96. The lowest BCUT2D eigenvalue weighted by Gasteiger charge is -2.22. The molecule has 0 aliphatic heterocycles. The number of hydrogen-bond donors (Lipinski definition) is 0. The highest BCUT2D eigenvalue weighted by atomic mass is 32.1. The Morgan fingerprint density at radius 3 is 2.48 bits per heavy atom. The largest absolute Gasteiger partial charge is 0.465 e. The van der Waals surface area contributed by atoms with Crippen molar-refractivity contribution in [1.29, 1.82) is 0 Å². The zero-order chi connectivity index (χ0) is 16.0. The minimum atomic E-state index is -0.394. The van der Waals surface area contributed by atoms with Gasteiger partial charge in [-0.2, -0.15) is 0 Å². The molecular weight excluding hydrogens is 290 g/mol. The number of hydrogen-bond acceptors (Lipinski definition) is 6. The highest BCUT2D eigenvalue weighted by Gasteiger charge is 2.29. The van der Waals surface area contributed by atoms with Crippen LogP contribution in [0.25, 0.3) is 0 Å². The molecular formula is C14H23N3O3S. The van der Waals surface area contributed by atoms with Gasteiger partial charge in [0.25, 0.3) is 5.91 Å². The van der Waals surface area contributed by atoms with Crippen LogP contribution in [0, 0.1) is 0 Å². The van der Waals surface area contributed by atoms with Crippen LogP contribution >= 0.6 is 11.5 Å². The van der Waals surface area contributed by atoms with E-state index >= 15 is 0 Å². The number of rotatable bonds is 6. The maximum Gasteiger partial charge on any atom is 0.325 e. The molecule has 0 spiro atoms. The molecule has 0 N–H and O–H groups in total. The molecule has 1 heterocycles. The molecule has 1 aromatic rings. The van der Waals surface area contributed by atoms with Crippen molar-refractivity contribution < 1.29 is 14.3 Å². The first kappa shape index (κ1) is 17.6. The van der Waals surface area contributed by atoms with Crippen LogP contribution in [0.15, 0.2) is 0 Å². The SMILES string of the molecule is CCCN(CC(=O)OCC)C(=O)c1snnc1C(C)(C)C. The lowest BCUT2D eigenvalue weighted by atomic mass is 9.91. The summed E-state index contributed by atoms with van der Waals surface area (Å²) in [4.78, 5) is 26.3. The van der Waals surface area contributed by atoms with E-state index in [4.69, 9.17) is 4.74 Å². The molecule has 0 saturated carbocycles. The van der Waals surface area contributed by atoms with Crippen LogP contribution in [0.5, 0.6) is 0 Å². The Labute approximate surface area is 129 Å². The van der Waals surface area contributed by atoms with Gasteiger partial charge in [0.15, 0.2) is 0 Å². The minimum Gasteiger partial charge on any atom is -0.465 e. The zero-order valence-corrected chi connectivity index (χ0v) is 14.1. The zero-order valence-electron chi connectivity index (χ0n) is 13.3. The van der Waals surface area contributed by atoms with Gasteiger partial charge in [0.1, 0.15) is 11.4 Å². The first-order valence-corrected chi connectivity index (χ1v) is 7.86. The number of carbonyl (C=O) groups is 2. The Hall–Kier alpha value is -1.50. The first-order chi connectivity index (χ1) is 9.81. The smallest absolute Gasteiger partial charge is 0.325 e. The third-order valence-electron chi connectivity index (χ3n) is 2.80. The molecule has 0 fully saturated rings. The fraction of sp³-hybridized carbons (Fsp3) is 0.714. The summed E-state index contributed by atoms with van der Waals surface area (Å²) in [6.07, 6.45) is 0.766. The quantitative estimate of drug-likeness (QED) is 0.753. The van der Waals surface area contributed by atoms with E-state index in [-0.39, 0.29) is 17.9 Å². The minimum absolute atomic E-state index is 0.0397. The summed E-state index contributed by atoms with van der Waals surface area (Å²) in [5.74, 6) is -0.598. The van der Waals surface area contributed by atoms with E-state index in [9.17, 15) is 9.59 Å². The molecule has 1 aromatic heterocycles. The number of carbonyl (C=O) groups excluding carboxylic acids is 2. The summed E-state index contributed by atoms with van der Waals surface area (Å²) in [5, 5.41) is 4.07. The molecule has 21 heavy (non-hydrogen) atoms. The number of aromatic nitrogens is 2. The molecule has 0 bridgehead atoms. The maximum atomic E-state index is 12.7. The average Bonchev–Trinajstić information content (AvgIpc) is 2.86. The van der Waals surface area contributed by atoms with Gasteiger partial charge >= 0.3 is 5.97 Å². The van der Waals surface area contributed by atoms with E-state index in [1.165, 1.54) is 4.90 Å². The number of nitrogens with zero attached hydrogens (tertiary/aromatic N) is 3. The molecule has 0 atom stereocenters. The second-order valence-electron chi connectivity index (χ2n) is 5.73. The van der Waals surface area contributed by atoms with Crippen molar-refractivity contribution in [3.05, 3.63) is 10.6 Å². The molecule has 0 aliphatic carbocycles. The van der Waals surface area contributed by atoms with Crippen molar-refractivity contribution in [2.45, 2.75) is 46.5 Å². The van der Waals surface area contributed by atoms with E-state index < -0.39 is 5.97 Å². The normalized spacial score (nSPS) is 11.3. The predicted molar refractivity (Wildman–Crippen MR) is 81.4 cm³/mol. The standard InChI is InChI=1S/C14H23N3O3S/c1-6-8-17(9-10(18)20-7-2)13(19)11-12(14(3,4)5)15-16-21-11/h6-9H2,1-5H3. The van der Waals surface area contributed by atoms with Crippen LogP contribution in [0.2, 0.25) is 0 Å². The second kappa shape index (κ2) is 7.49. The second-order valence-corrected chi connectivity index (χ2v) is 6.49. The van der Waals surface area contributed by atoms with Crippen molar-refractivity contribution in [3.63, 3.8) is 0 Å². The molecule has 1 rings (SSSR count). The molecule has 118 valence electrons. The van der Waals surface area contributed by atoms with E-state index in [0.717, 1.165) is 18.0 Å². The van der Waals surface area contributed by atoms with Gasteiger partial charge in [-0.05, 0) is 24.9 Å². The van der Waals surface area contributed by atoms with Crippen molar-refractivity contribution in [1.82, 2.24) is 14.5 Å². The maximum absolute atomic E-state index is 12.7. The third-order valence-corrected chi connectivity index (χ3v) is 3.51. The Morgan fingerprint density at radius 1 is 1.29 bits per heavy atom. The van der Waals surface area contributed by atoms with Gasteiger partial charge in [0.05, 0.1) is 12.3 Å². The van der Waals surface area contributed by atoms with Crippen molar-refractivity contribution in [2.24, 2.45) is 0 Å². The number of ether oxygens (including phenoxy) is 1. The first-order valence-electron chi connectivity index (χ1n) is 7.09. The van der Waals surface area contributed by atoms with Gasteiger partial charge in [-0.3, -0.25) is 9.59 Å². The summed E-state index contributed by atoms with van der Waals surface area (Å²) in [6, 6.07) is 0. The molecule has 0 radical (unpaired) electrons. The summed E-state index contributed by atoms with van der Waals surface area (Å²) < 4.78 is 8.82. The van der Waals surface area contributed by atoms with Gasteiger partial charge in [-0.15, -0.1) is 5.10 Å². The average molecular weight is 313 g/mol. The number of amides is 1. The van der Waals surface area contributed by atoms with Crippen LogP contribution in [0.4, 0.5) is 0 Å². The summed E-state index contributed by atoms with van der Waals surface area (Å²) >= 11 is 1.07. The molecule has 0 aromatic carbocycles. The Bertz CT molecular complexity index is 494. The van der Waals surface area contributed by atoms with E-state index in [0.29, 0.717) is 23.7 Å². The third kappa shape index (κ3) is 4.77. The van der Waals surface area contributed by atoms with E-state index in [1.807, 2.05) is 27.7 Å². The lowest BCUT2D eigenvalue weighted by molar-refractivity contribution is -0.143. The van der Waals surface area contributed by atoms with Crippen LogP contribution in [0.3, 0.4) is 0 Å². The fourth-order valence-corrected chi connectivity index (χ4v) is 2.69. The van der Waals surface area contributed by atoms with Crippen molar-refractivity contribution in [2.75, 3.05) is 19.7 Å². The van der Waals surface area contributed by atoms with E-state index in [1.54, 1.807) is 6.92 Å². The monoisotopic (exact) mass is 313 g/mol. The molecule has 0 unspecified atom stereocenters. The van der Waals surface area contributed by atoms with Gasteiger partial charge in [0, 0.05) is 12.0 Å². The highest BCUT2D eigenvalue weighted by molar-refractivity contribution is 7.08. The Morgan fingerprint density at radius 2 is 1.95 bits per heavy atom. The van der Waals surface area contributed by atoms with Crippen LogP contribution in [-0.4, -0.2) is 46.1 Å². The van der Waals surface area contributed by atoms with Gasteiger partial charge in [0.2, 0.25) is 0 Å². The summed E-state index contributed by atoms with van der Waals surface area (Å²) in [7, 11) is 0. The van der Waals surface area contributed by atoms with Crippen LogP contribution < -0.4 is 0 Å². The lowest BCUT2D eigenvalue weighted by Crippen LogP contribution is -2.37. The predicted octanol–water partition coefficient (Wildman–Crippen LogP) is 2.25. The van der Waals surface area contributed by atoms with Crippen LogP contribution in [-0.2, 0) is 14.9 Å². The Kier molecular flexibility index (Phi) is 6.26. The fourth-order valence-electron chi connectivity index (χ4n) is 1.85. The van der Waals surface area contributed by atoms with Crippen molar-refractivity contribution >= 4 is 23.4 Å². The van der Waals surface area contributed by atoms with Gasteiger partial charge in [-0.25, -0.2) is 0 Å². The summed E-state index contributed by atoms with van der Waals surface area (Å²) in [5.41, 5.74) is 0.405. The molecule has 0 aliphatic rings. The molecule has 0 saturated heterocycles. The van der Waals surface area contributed by atoms with Crippen LogP contribution in [0.1, 0.15) is 56.4 Å². The van der Waals surface area contributed by atoms with Gasteiger partial charge < -0.3 is 9.64 Å². The topological polar surface area (TPSA) is 72.4 Å². The molecule has 1 amide bonds. The highest BCUT2D eigenvalue weighted by Crippen LogP contribution is 2.26.